The van der Waals surface area contributed by atoms with Gasteiger partial charge in [0.15, 0.2) is 0 Å². The first-order chi connectivity index (χ1) is 16.0. The highest BCUT2D eigenvalue weighted by atomic mass is 32.2. The van der Waals surface area contributed by atoms with Gasteiger partial charge >= 0.3 is 10.2 Å². The first-order valence-corrected chi connectivity index (χ1v) is 13.1. The summed E-state index contributed by atoms with van der Waals surface area (Å²) in [6.07, 6.45) is 3.92. The van der Waals surface area contributed by atoms with Crippen molar-refractivity contribution in [2.24, 2.45) is 5.92 Å². The lowest BCUT2D eigenvalue weighted by atomic mass is 9.76. The number of fused-ring (bicyclic) bond motifs is 2. The summed E-state index contributed by atoms with van der Waals surface area (Å²) in [5.74, 6) is 1.13. The van der Waals surface area contributed by atoms with Crippen LogP contribution in [0.4, 0.5) is 5.69 Å². The summed E-state index contributed by atoms with van der Waals surface area (Å²) >= 11 is 0. The van der Waals surface area contributed by atoms with Gasteiger partial charge in [0.2, 0.25) is 0 Å². The first kappa shape index (κ1) is 22.0. The molecule has 3 aromatic rings. The number of rotatable bonds is 5. The van der Waals surface area contributed by atoms with Crippen LogP contribution in [0.15, 0.2) is 72.8 Å². The number of anilines is 1. The molecule has 0 amide bonds. The van der Waals surface area contributed by atoms with E-state index in [1.54, 1.807) is 35.7 Å². The van der Waals surface area contributed by atoms with Crippen molar-refractivity contribution in [3.05, 3.63) is 95.1 Å². The molecule has 5 rings (SSSR count). The summed E-state index contributed by atoms with van der Waals surface area (Å²) in [4.78, 5) is 0. The number of piperidine rings is 1. The Morgan fingerprint density at radius 2 is 1.48 bits per heavy atom. The fourth-order valence-electron chi connectivity index (χ4n) is 5.41. The largest absolute Gasteiger partial charge is 0.497 e. The zero-order valence-corrected chi connectivity index (χ0v) is 19.7. The number of ether oxygens (including phenoxy) is 1. The molecule has 172 valence electrons. The molecular formula is C27H30N2O3S. The minimum atomic E-state index is -3.65. The lowest BCUT2D eigenvalue weighted by molar-refractivity contribution is 0.249. The van der Waals surface area contributed by atoms with Gasteiger partial charge in [0, 0.05) is 19.0 Å². The van der Waals surface area contributed by atoms with Gasteiger partial charge in [0.25, 0.3) is 0 Å². The fourth-order valence-corrected chi connectivity index (χ4v) is 6.73. The van der Waals surface area contributed by atoms with E-state index in [1.165, 1.54) is 22.3 Å². The molecule has 0 aromatic heterocycles. The van der Waals surface area contributed by atoms with Gasteiger partial charge in [-0.15, -0.1) is 0 Å². The molecule has 1 unspecified atom stereocenters. The van der Waals surface area contributed by atoms with Crippen molar-refractivity contribution in [1.82, 2.24) is 4.31 Å². The molecule has 0 bridgehead atoms. The van der Waals surface area contributed by atoms with E-state index in [0.29, 0.717) is 24.5 Å². The Morgan fingerprint density at radius 3 is 2.09 bits per heavy atom. The molecule has 1 atom stereocenters. The van der Waals surface area contributed by atoms with Crippen molar-refractivity contribution in [1.29, 1.82) is 0 Å². The highest BCUT2D eigenvalue weighted by Crippen LogP contribution is 2.42. The van der Waals surface area contributed by atoms with Gasteiger partial charge in [-0.2, -0.15) is 12.7 Å². The van der Waals surface area contributed by atoms with Crippen LogP contribution in [-0.2, 0) is 23.1 Å². The molecular weight excluding hydrogens is 432 g/mol. The zero-order chi connectivity index (χ0) is 22.8. The van der Waals surface area contributed by atoms with E-state index in [9.17, 15) is 8.42 Å². The van der Waals surface area contributed by atoms with Crippen LogP contribution in [-0.4, -0.2) is 32.9 Å². The molecule has 0 saturated carbocycles. The molecule has 2 aliphatic rings. The standard InChI is InChI=1S/C27H30N2O3S/c1-32-24-16-14-23(15-17-24)28-33(30,31)29-18-6-9-22(19-29)27-25-10-4-2-7-20(25)12-13-21-8-3-5-11-26(21)27/h2-5,7-8,10-11,14-17,22,27-28H,6,9,12-13,18-19H2,1H3. The van der Waals surface area contributed by atoms with Crippen molar-refractivity contribution in [2.75, 3.05) is 24.9 Å². The molecule has 33 heavy (non-hydrogen) atoms. The maximum atomic E-state index is 13.3. The molecule has 1 saturated heterocycles. The zero-order valence-electron chi connectivity index (χ0n) is 18.9. The minimum absolute atomic E-state index is 0.207. The van der Waals surface area contributed by atoms with Crippen LogP contribution in [0.25, 0.3) is 0 Å². The van der Waals surface area contributed by atoms with Crippen LogP contribution in [0.2, 0.25) is 0 Å². The van der Waals surface area contributed by atoms with E-state index in [1.807, 2.05) is 0 Å². The lowest BCUT2D eigenvalue weighted by Crippen LogP contribution is -2.44. The average Bonchev–Trinajstić information content (AvgIpc) is 3.01. The van der Waals surface area contributed by atoms with Crippen LogP contribution >= 0.6 is 0 Å². The number of hydrogen-bond acceptors (Lipinski definition) is 3. The Morgan fingerprint density at radius 1 is 0.879 bits per heavy atom. The Kier molecular flexibility index (Phi) is 6.13. The van der Waals surface area contributed by atoms with E-state index in [2.05, 4.69) is 53.3 Å². The first-order valence-electron chi connectivity index (χ1n) is 11.6. The number of methoxy groups -OCH3 is 1. The summed E-state index contributed by atoms with van der Waals surface area (Å²) in [6, 6.07) is 24.4. The van der Waals surface area contributed by atoms with E-state index in [4.69, 9.17) is 4.74 Å². The smallest absolute Gasteiger partial charge is 0.301 e. The topological polar surface area (TPSA) is 58.6 Å². The van der Waals surface area contributed by atoms with Gasteiger partial charge < -0.3 is 4.74 Å². The maximum Gasteiger partial charge on any atom is 0.301 e. The maximum absolute atomic E-state index is 13.3. The molecule has 0 spiro atoms. The van der Waals surface area contributed by atoms with Crippen LogP contribution in [0.5, 0.6) is 5.75 Å². The SMILES string of the molecule is COc1ccc(NS(=O)(=O)N2CCCC(C3c4ccccc4CCc4ccccc43)C2)cc1. The van der Waals surface area contributed by atoms with Crippen LogP contribution < -0.4 is 9.46 Å². The molecule has 1 N–H and O–H groups in total. The van der Waals surface area contributed by atoms with Gasteiger partial charge in [-0.05, 0) is 78.1 Å². The molecule has 1 fully saturated rings. The van der Waals surface area contributed by atoms with E-state index in [0.717, 1.165) is 25.7 Å². The lowest BCUT2D eigenvalue weighted by Gasteiger charge is -2.37. The fraction of sp³-hybridized carbons (Fsp3) is 0.333. The molecule has 1 aliphatic carbocycles. The van der Waals surface area contributed by atoms with Crippen molar-refractivity contribution in [3.8, 4) is 5.75 Å². The summed E-state index contributed by atoms with van der Waals surface area (Å²) in [6.45, 7) is 1.05. The summed E-state index contributed by atoms with van der Waals surface area (Å²) in [5, 5.41) is 0. The Bertz CT molecular complexity index is 1180. The second-order valence-corrected chi connectivity index (χ2v) is 10.6. The third kappa shape index (κ3) is 4.50. The summed E-state index contributed by atoms with van der Waals surface area (Å²) in [5.41, 5.74) is 6.03. The molecule has 6 heteroatoms. The quantitative estimate of drug-likeness (QED) is 0.581. The van der Waals surface area contributed by atoms with Crippen molar-refractivity contribution in [2.45, 2.75) is 31.6 Å². The predicted octanol–water partition coefficient (Wildman–Crippen LogP) is 4.99. The third-order valence-electron chi connectivity index (χ3n) is 7.01. The normalized spacial score (nSPS) is 19.2. The van der Waals surface area contributed by atoms with Crippen LogP contribution in [0.1, 0.15) is 41.0 Å². The number of nitrogens with zero attached hydrogens (tertiary/aromatic N) is 1. The van der Waals surface area contributed by atoms with Gasteiger partial charge in [-0.3, -0.25) is 4.72 Å². The van der Waals surface area contributed by atoms with E-state index >= 15 is 0 Å². The number of nitrogens with one attached hydrogen (secondary N) is 1. The minimum Gasteiger partial charge on any atom is -0.497 e. The van der Waals surface area contributed by atoms with Gasteiger partial charge in [-0.1, -0.05) is 48.5 Å². The molecule has 5 nitrogen and oxygen atoms in total. The number of benzene rings is 3. The van der Waals surface area contributed by atoms with Gasteiger partial charge in [0.05, 0.1) is 12.8 Å². The summed E-state index contributed by atoms with van der Waals surface area (Å²) in [7, 11) is -2.05. The monoisotopic (exact) mass is 462 g/mol. The van der Waals surface area contributed by atoms with E-state index in [-0.39, 0.29) is 11.8 Å². The Hall–Kier alpha value is -2.83. The molecule has 3 aromatic carbocycles. The number of aryl methyl sites for hydroxylation is 2. The van der Waals surface area contributed by atoms with E-state index < -0.39 is 10.2 Å². The van der Waals surface area contributed by atoms with Crippen LogP contribution in [0, 0.1) is 5.92 Å². The average molecular weight is 463 g/mol. The van der Waals surface area contributed by atoms with Gasteiger partial charge in [-0.25, -0.2) is 0 Å². The molecule has 1 aliphatic heterocycles. The van der Waals surface area contributed by atoms with Gasteiger partial charge in [0.1, 0.15) is 5.75 Å². The van der Waals surface area contributed by atoms with Crippen molar-refractivity contribution >= 4 is 15.9 Å². The molecule has 0 radical (unpaired) electrons. The second kappa shape index (κ2) is 9.20. The molecule has 1 heterocycles. The Balaban J connectivity index is 1.44. The number of hydrogen-bond donors (Lipinski definition) is 1. The predicted molar refractivity (Wildman–Crippen MR) is 132 cm³/mol. The van der Waals surface area contributed by atoms with Crippen LogP contribution in [0.3, 0.4) is 0 Å². The highest BCUT2D eigenvalue weighted by Gasteiger charge is 2.36. The Labute approximate surface area is 196 Å². The summed E-state index contributed by atoms with van der Waals surface area (Å²) < 4.78 is 36.1. The highest BCUT2D eigenvalue weighted by molar-refractivity contribution is 7.90. The van der Waals surface area contributed by atoms with Crippen molar-refractivity contribution in [3.63, 3.8) is 0 Å². The van der Waals surface area contributed by atoms with Crippen molar-refractivity contribution < 1.29 is 13.2 Å². The second-order valence-electron chi connectivity index (χ2n) is 8.97. The third-order valence-corrected chi connectivity index (χ3v) is 8.52.